The minimum atomic E-state index is -4.52. The lowest BCUT2D eigenvalue weighted by Gasteiger charge is -2.30. The van der Waals surface area contributed by atoms with Gasteiger partial charge in [0, 0.05) is 11.0 Å². The van der Waals surface area contributed by atoms with Gasteiger partial charge in [0.05, 0.1) is 5.41 Å². The summed E-state index contributed by atoms with van der Waals surface area (Å²) in [6, 6.07) is 8.08. The van der Waals surface area contributed by atoms with Gasteiger partial charge in [-0.1, -0.05) is 46.3 Å². The van der Waals surface area contributed by atoms with Crippen molar-refractivity contribution in [3.05, 3.63) is 46.4 Å². The molecule has 0 aliphatic carbocycles. The second-order valence-corrected chi connectivity index (χ2v) is 7.43. The van der Waals surface area contributed by atoms with Crippen LogP contribution in [-0.4, -0.2) is 23.6 Å². The number of benzene rings is 2. The van der Waals surface area contributed by atoms with Gasteiger partial charge in [-0.05, 0) is 36.2 Å². The molecule has 3 nitrogen and oxygen atoms in total. The highest BCUT2D eigenvalue weighted by Gasteiger charge is 2.51. The zero-order valence-electron chi connectivity index (χ0n) is 13.1. The predicted octanol–water partition coefficient (Wildman–Crippen LogP) is 4.58. The third-order valence-corrected chi connectivity index (χ3v) is 4.94. The first-order chi connectivity index (χ1) is 11.1. The Morgan fingerprint density at radius 3 is 2.38 bits per heavy atom. The molecule has 0 saturated carbocycles. The lowest BCUT2D eigenvalue weighted by Crippen LogP contribution is -2.43. The SMILES string of the molecule is CC1(C)CN([C@@H](c2cccc3c(Br)cccc23)C(F)(F)F)NC1=O. The fraction of sp³-hybridized carbons (Fsp3) is 0.353. The van der Waals surface area contributed by atoms with Crippen LogP contribution in [0, 0.1) is 5.41 Å². The highest BCUT2D eigenvalue weighted by Crippen LogP contribution is 2.43. The number of nitrogens with zero attached hydrogens (tertiary/aromatic N) is 1. The van der Waals surface area contributed by atoms with Crippen molar-refractivity contribution in [2.24, 2.45) is 5.41 Å². The number of carbonyl (C=O) groups excluding carboxylic acids is 1. The fourth-order valence-electron chi connectivity index (χ4n) is 3.03. The molecule has 24 heavy (non-hydrogen) atoms. The molecular formula is C17H16BrF3N2O. The molecule has 2 aromatic carbocycles. The Kier molecular flexibility index (Phi) is 4.12. The first-order valence-electron chi connectivity index (χ1n) is 7.43. The Hall–Kier alpha value is -1.60. The monoisotopic (exact) mass is 400 g/mol. The van der Waals surface area contributed by atoms with Crippen molar-refractivity contribution in [3.8, 4) is 0 Å². The Morgan fingerprint density at radius 1 is 1.17 bits per heavy atom. The highest BCUT2D eigenvalue weighted by atomic mass is 79.9. The molecule has 0 radical (unpaired) electrons. The largest absolute Gasteiger partial charge is 0.409 e. The summed E-state index contributed by atoms with van der Waals surface area (Å²) in [4.78, 5) is 12.0. The average Bonchev–Trinajstić information content (AvgIpc) is 2.72. The van der Waals surface area contributed by atoms with Gasteiger partial charge >= 0.3 is 6.18 Å². The first kappa shape index (κ1) is 17.2. The summed E-state index contributed by atoms with van der Waals surface area (Å²) in [5, 5.41) is 2.21. The topological polar surface area (TPSA) is 32.3 Å². The molecule has 1 N–H and O–H groups in total. The van der Waals surface area contributed by atoms with Crippen LogP contribution < -0.4 is 5.43 Å². The Bertz CT molecular complexity index is 804. The lowest BCUT2D eigenvalue weighted by molar-refractivity contribution is -0.191. The minimum Gasteiger partial charge on any atom is -0.287 e. The first-order valence-corrected chi connectivity index (χ1v) is 8.22. The van der Waals surface area contributed by atoms with Crippen LogP contribution in [0.15, 0.2) is 40.9 Å². The van der Waals surface area contributed by atoms with Crippen molar-refractivity contribution >= 4 is 32.6 Å². The third kappa shape index (κ3) is 2.91. The van der Waals surface area contributed by atoms with Crippen molar-refractivity contribution in [1.82, 2.24) is 10.4 Å². The van der Waals surface area contributed by atoms with E-state index in [2.05, 4.69) is 21.4 Å². The molecule has 1 fully saturated rings. The number of alkyl halides is 3. The molecule has 128 valence electrons. The molecule has 0 aromatic heterocycles. The number of halogens is 4. The van der Waals surface area contributed by atoms with Gasteiger partial charge in [-0.2, -0.15) is 13.2 Å². The number of rotatable bonds is 2. The van der Waals surface area contributed by atoms with E-state index in [9.17, 15) is 18.0 Å². The highest BCUT2D eigenvalue weighted by molar-refractivity contribution is 9.10. The zero-order chi connectivity index (χ0) is 17.7. The summed E-state index contributed by atoms with van der Waals surface area (Å²) in [6.45, 7) is 3.26. The summed E-state index contributed by atoms with van der Waals surface area (Å²) >= 11 is 3.38. The van der Waals surface area contributed by atoms with Crippen LogP contribution in [0.1, 0.15) is 25.5 Å². The number of nitrogens with one attached hydrogen (secondary N) is 1. The van der Waals surface area contributed by atoms with Crippen molar-refractivity contribution in [3.63, 3.8) is 0 Å². The summed E-state index contributed by atoms with van der Waals surface area (Å²) in [5.41, 5.74) is 1.65. The van der Waals surface area contributed by atoms with Crippen LogP contribution in [0.25, 0.3) is 10.8 Å². The molecule has 1 atom stereocenters. The van der Waals surface area contributed by atoms with Crippen LogP contribution in [0.3, 0.4) is 0 Å². The minimum absolute atomic E-state index is 0.0135. The van der Waals surface area contributed by atoms with E-state index >= 15 is 0 Å². The summed E-state index contributed by atoms with van der Waals surface area (Å²) in [5.74, 6) is -0.404. The molecule has 0 spiro atoms. The Morgan fingerprint density at radius 2 is 1.79 bits per heavy atom. The van der Waals surface area contributed by atoms with Crippen LogP contribution in [-0.2, 0) is 4.79 Å². The normalized spacial score (nSPS) is 19.5. The number of amides is 1. The van der Waals surface area contributed by atoms with Gasteiger partial charge in [-0.25, -0.2) is 5.01 Å². The number of hydrogen-bond acceptors (Lipinski definition) is 2. The molecule has 2 aromatic rings. The van der Waals surface area contributed by atoms with E-state index in [1.807, 2.05) is 0 Å². The zero-order valence-corrected chi connectivity index (χ0v) is 14.7. The van der Waals surface area contributed by atoms with Gasteiger partial charge in [0.25, 0.3) is 0 Å². The van der Waals surface area contributed by atoms with Crippen LogP contribution >= 0.6 is 15.9 Å². The smallest absolute Gasteiger partial charge is 0.287 e. The summed E-state index contributed by atoms with van der Waals surface area (Å²) in [7, 11) is 0. The Balaban J connectivity index is 2.16. The quantitative estimate of drug-likeness (QED) is 0.799. The van der Waals surface area contributed by atoms with Crippen molar-refractivity contribution in [2.45, 2.75) is 26.1 Å². The molecule has 1 saturated heterocycles. The second-order valence-electron chi connectivity index (χ2n) is 6.58. The fourth-order valence-corrected chi connectivity index (χ4v) is 3.53. The van der Waals surface area contributed by atoms with Gasteiger partial charge < -0.3 is 0 Å². The molecule has 1 aliphatic heterocycles. The molecule has 0 bridgehead atoms. The van der Waals surface area contributed by atoms with Crippen LogP contribution in [0.4, 0.5) is 13.2 Å². The van der Waals surface area contributed by atoms with E-state index in [0.29, 0.717) is 10.8 Å². The summed E-state index contributed by atoms with van der Waals surface area (Å²) < 4.78 is 42.3. The number of hydrogen-bond donors (Lipinski definition) is 1. The van der Waals surface area contributed by atoms with Gasteiger partial charge in [0.1, 0.15) is 0 Å². The van der Waals surface area contributed by atoms with Crippen molar-refractivity contribution < 1.29 is 18.0 Å². The lowest BCUT2D eigenvalue weighted by atomic mass is 9.93. The van der Waals surface area contributed by atoms with Gasteiger partial charge in [0.2, 0.25) is 5.91 Å². The van der Waals surface area contributed by atoms with Gasteiger partial charge in [-0.15, -0.1) is 0 Å². The standard InChI is InChI=1S/C17H16BrF3N2O/c1-16(2)9-23(22-15(16)24)14(17(19,20)21)12-7-3-6-11-10(12)5-4-8-13(11)18/h3-8,14H,9H2,1-2H3,(H,22,24)/t14-/m0/s1. The van der Waals surface area contributed by atoms with E-state index in [1.54, 1.807) is 44.2 Å². The van der Waals surface area contributed by atoms with E-state index < -0.39 is 23.5 Å². The van der Waals surface area contributed by atoms with Gasteiger partial charge in [0.15, 0.2) is 6.04 Å². The maximum atomic E-state index is 13.9. The van der Waals surface area contributed by atoms with E-state index in [-0.39, 0.29) is 12.1 Å². The van der Waals surface area contributed by atoms with Crippen LogP contribution in [0.5, 0.6) is 0 Å². The predicted molar refractivity (Wildman–Crippen MR) is 89.1 cm³/mol. The van der Waals surface area contributed by atoms with Crippen LogP contribution in [0.2, 0.25) is 0 Å². The van der Waals surface area contributed by atoms with E-state index in [4.69, 9.17) is 0 Å². The number of carbonyl (C=O) groups is 1. The molecule has 0 unspecified atom stereocenters. The maximum absolute atomic E-state index is 13.9. The number of fused-ring (bicyclic) bond motifs is 1. The molecule has 1 amide bonds. The molecule has 3 rings (SSSR count). The van der Waals surface area contributed by atoms with Gasteiger partial charge in [-0.3, -0.25) is 10.2 Å². The van der Waals surface area contributed by atoms with E-state index in [0.717, 1.165) is 9.48 Å². The summed E-state index contributed by atoms with van der Waals surface area (Å²) in [6.07, 6.45) is -4.52. The molecular weight excluding hydrogens is 385 g/mol. The molecule has 1 heterocycles. The van der Waals surface area contributed by atoms with Crippen molar-refractivity contribution in [2.75, 3.05) is 6.54 Å². The molecule has 1 aliphatic rings. The Labute approximate surface area is 145 Å². The second kappa shape index (κ2) is 5.74. The average molecular weight is 401 g/mol. The van der Waals surface area contributed by atoms with E-state index in [1.165, 1.54) is 6.07 Å². The third-order valence-electron chi connectivity index (χ3n) is 4.24. The molecule has 7 heteroatoms. The number of hydrazine groups is 1. The maximum Gasteiger partial charge on any atom is 0.409 e. The van der Waals surface area contributed by atoms with Crippen molar-refractivity contribution in [1.29, 1.82) is 0 Å².